The highest BCUT2D eigenvalue weighted by Crippen LogP contribution is 2.26. The van der Waals surface area contributed by atoms with Crippen LogP contribution in [-0.2, 0) is 11.3 Å². The molecule has 176 valence electrons. The van der Waals surface area contributed by atoms with Crippen LogP contribution in [0.5, 0.6) is 0 Å². The third-order valence-corrected chi connectivity index (χ3v) is 6.87. The van der Waals surface area contributed by atoms with Crippen LogP contribution in [0.2, 0.25) is 0 Å². The maximum atomic E-state index is 12.7. The highest BCUT2D eigenvalue weighted by Gasteiger charge is 2.18. The molecule has 5 rings (SSSR count). The molecule has 0 aliphatic carbocycles. The third kappa shape index (κ3) is 4.56. The van der Waals surface area contributed by atoms with E-state index >= 15 is 0 Å². The van der Waals surface area contributed by atoms with Crippen LogP contribution in [0.3, 0.4) is 0 Å². The number of hydrogen-bond acceptors (Lipinski definition) is 6. The number of likely N-dealkylation sites (N-methyl/N-ethyl adjacent to an activating group) is 1. The van der Waals surface area contributed by atoms with Crippen LogP contribution in [0.15, 0.2) is 52.9 Å². The van der Waals surface area contributed by atoms with E-state index in [1.54, 1.807) is 0 Å². The summed E-state index contributed by atoms with van der Waals surface area (Å²) in [5, 5.41) is 4.07. The van der Waals surface area contributed by atoms with Gasteiger partial charge in [-0.05, 0) is 67.6 Å². The fraction of sp³-hybridized carbons (Fsp3) is 0.346. The number of nitrogens with one attached hydrogen (secondary N) is 1. The van der Waals surface area contributed by atoms with E-state index in [9.17, 15) is 4.79 Å². The highest BCUT2D eigenvalue weighted by molar-refractivity contribution is 7.71. The normalized spacial score (nSPS) is 14.7. The minimum Gasteiger partial charge on any atom is -0.429 e. The Balaban J connectivity index is 1.27. The number of benzene rings is 2. The zero-order valence-electron chi connectivity index (χ0n) is 19.6. The van der Waals surface area contributed by atoms with Gasteiger partial charge < -0.3 is 19.5 Å². The van der Waals surface area contributed by atoms with Gasteiger partial charge in [0.15, 0.2) is 5.58 Å². The summed E-state index contributed by atoms with van der Waals surface area (Å²) in [6.45, 7) is 10.0. The van der Waals surface area contributed by atoms with E-state index in [1.165, 1.54) is 0 Å². The summed E-state index contributed by atoms with van der Waals surface area (Å²) < 4.78 is 7.47. The maximum absolute atomic E-state index is 12.7. The standard InChI is InChI=1S/C26H29N5O2S/c1-3-29-12-14-30(15-13-29)24-16-18(2)20-17-19(8-9-21(20)28-24)27-25(32)10-11-31-22-6-4-5-7-23(22)33-26(31)34/h4-9,16-17H,3,10-15H2,1-2H3,(H,27,32). The van der Waals surface area contributed by atoms with Crippen LogP contribution in [0.4, 0.5) is 11.5 Å². The van der Waals surface area contributed by atoms with Gasteiger partial charge in [-0.15, -0.1) is 0 Å². The first-order chi connectivity index (χ1) is 16.5. The van der Waals surface area contributed by atoms with Crippen molar-refractivity contribution < 1.29 is 9.21 Å². The molecule has 2 aromatic carbocycles. The van der Waals surface area contributed by atoms with Crippen LogP contribution in [0.25, 0.3) is 22.0 Å². The summed E-state index contributed by atoms with van der Waals surface area (Å²) in [6, 6.07) is 15.7. The van der Waals surface area contributed by atoms with Crippen molar-refractivity contribution in [3.63, 3.8) is 0 Å². The third-order valence-electron chi connectivity index (χ3n) is 6.57. The summed E-state index contributed by atoms with van der Waals surface area (Å²) >= 11 is 5.32. The predicted molar refractivity (Wildman–Crippen MR) is 139 cm³/mol. The smallest absolute Gasteiger partial charge is 0.269 e. The van der Waals surface area contributed by atoms with Crippen LogP contribution in [-0.4, -0.2) is 53.1 Å². The van der Waals surface area contributed by atoms with Crippen molar-refractivity contribution >= 4 is 51.6 Å². The Hall–Kier alpha value is -3.23. The molecular weight excluding hydrogens is 446 g/mol. The lowest BCUT2D eigenvalue weighted by molar-refractivity contribution is -0.116. The van der Waals surface area contributed by atoms with Gasteiger partial charge in [-0.1, -0.05) is 19.1 Å². The molecule has 34 heavy (non-hydrogen) atoms. The van der Waals surface area contributed by atoms with Crippen LogP contribution < -0.4 is 10.2 Å². The molecule has 1 aliphatic rings. The Morgan fingerprint density at radius 1 is 1.12 bits per heavy atom. The molecule has 3 heterocycles. The topological polar surface area (TPSA) is 66.5 Å². The van der Waals surface area contributed by atoms with E-state index in [2.05, 4.69) is 35.0 Å². The number of amides is 1. The zero-order valence-corrected chi connectivity index (χ0v) is 20.4. The number of piperazine rings is 1. The first-order valence-corrected chi connectivity index (χ1v) is 12.2. The molecule has 0 bridgehead atoms. The molecule has 1 aliphatic heterocycles. The van der Waals surface area contributed by atoms with Gasteiger partial charge in [0.2, 0.25) is 5.91 Å². The second-order valence-corrected chi connectivity index (χ2v) is 9.09. The quantitative estimate of drug-likeness (QED) is 0.396. The van der Waals surface area contributed by atoms with Gasteiger partial charge in [0, 0.05) is 50.2 Å². The summed E-state index contributed by atoms with van der Waals surface area (Å²) in [4.78, 5) is 22.8. The molecule has 7 nitrogen and oxygen atoms in total. The monoisotopic (exact) mass is 475 g/mol. The fourth-order valence-electron chi connectivity index (χ4n) is 4.57. The molecule has 1 fully saturated rings. The van der Waals surface area contributed by atoms with Crippen molar-refractivity contribution in [2.45, 2.75) is 26.8 Å². The second-order valence-electron chi connectivity index (χ2n) is 8.74. The van der Waals surface area contributed by atoms with Gasteiger partial charge in [0.25, 0.3) is 4.84 Å². The average molecular weight is 476 g/mol. The molecule has 0 radical (unpaired) electrons. The van der Waals surface area contributed by atoms with Gasteiger partial charge in [-0.25, -0.2) is 4.98 Å². The number of hydrogen-bond donors (Lipinski definition) is 1. The number of pyridine rings is 1. The van der Waals surface area contributed by atoms with E-state index in [4.69, 9.17) is 21.6 Å². The first kappa shape index (κ1) is 22.6. The summed E-state index contributed by atoms with van der Waals surface area (Å²) in [5.41, 5.74) is 4.51. The molecule has 2 aromatic heterocycles. The number of nitrogens with zero attached hydrogens (tertiary/aromatic N) is 4. The van der Waals surface area contributed by atoms with Crippen molar-refractivity contribution in [2.75, 3.05) is 42.9 Å². The molecule has 0 atom stereocenters. The minimum atomic E-state index is -0.0671. The van der Waals surface area contributed by atoms with Crippen LogP contribution in [0.1, 0.15) is 18.9 Å². The van der Waals surface area contributed by atoms with E-state index in [0.29, 0.717) is 17.8 Å². The van der Waals surface area contributed by atoms with Gasteiger partial charge in [-0.2, -0.15) is 0 Å². The largest absolute Gasteiger partial charge is 0.429 e. The van der Waals surface area contributed by atoms with E-state index < -0.39 is 0 Å². The van der Waals surface area contributed by atoms with Gasteiger partial charge >= 0.3 is 0 Å². The molecule has 1 N–H and O–H groups in total. The van der Waals surface area contributed by atoms with Gasteiger partial charge in [-0.3, -0.25) is 9.36 Å². The minimum absolute atomic E-state index is 0.0671. The number of carbonyl (C=O) groups excluding carboxylic acids is 1. The molecule has 0 spiro atoms. The molecule has 0 unspecified atom stereocenters. The van der Waals surface area contributed by atoms with Crippen LogP contribution in [0, 0.1) is 11.8 Å². The van der Waals surface area contributed by atoms with Gasteiger partial charge in [0.1, 0.15) is 5.82 Å². The molecule has 4 aromatic rings. The van der Waals surface area contributed by atoms with Crippen molar-refractivity contribution in [1.82, 2.24) is 14.5 Å². The number of fused-ring (bicyclic) bond motifs is 2. The van der Waals surface area contributed by atoms with Crippen molar-refractivity contribution in [2.24, 2.45) is 0 Å². The fourth-order valence-corrected chi connectivity index (χ4v) is 4.85. The number of para-hydroxylation sites is 2. The van der Waals surface area contributed by atoms with Crippen molar-refractivity contribution in [1.29, 1.82) is 0 Å². The zero-order chi connectivity index (χ0) is 23.7. The van der Waals surface area contributed by atoms with E-state index in [1.807, 2.05) is 47.0 Å². The number of rotatable bonds is 6. The lowest BCUT2D eigenvalue weighted by Crippen LogP contribution is -2.46. The van der Waals surface area contributed by atoms with Crippen LogP contribution >= 0.6 is 12.2 Å². The summed E-state index contributed by atoms with van der Waals surface area (Å²) in [6.07, 6.45) is 0.301. The second kappa shape index (κ2) is 9.56. The molecule has 1 saturated heterocycles. The molecule has 0 saturated carbocycles. The molecule has 8 heteroatoms. The average Bonchev–Trinajstić information content (AvgIpc) is 3.18. The molecule has 1 amide bonds. The Labute approximate surface area is 204 Å². The number of aryl methyl sites for hydroxylation is 2. The number of oxazole rings is 1. The number of anilines is 2. The van der Waals surface area contributed by atoms with Crippen molar-refractivity contribution in [3.05, 3.63) is 58.9 Å². The summed E-state index contributed by atoms with van der Waals surface area (Å²) in [7, 11) is 0. The highest BCUT2D eigenvalue weighted by atomic mass is 32.1. The van der Waals surface area contributed by atoms with Gasteiger partial charge in [0.05, 0.1) is 11.0 Å². The first-order valence-electron chi connectivity index (χ1n) is 11.8. The number of aromatic nitrogens is 2. The van der Waals surface area contributed by atoms with E-state index in [0.717, 1.165) is 71.8 Å². The number of carbonyl (C=O) groups is 1. The Morgan fingerprint density at radius 3 is 2.71 bits per heavy atom. The Kier molecular flexibility index (Phi) is 6.34. The Morgan fingerprint density at radius 2 is 1.91 bits per heavy atom. The lowest BCUT2D eigenvalue weighted by atomic mass is 10.1. The Bertz CT molecular complexity index is 1400. The maximum Gasteiger partial charge on any atom is 0.269 e. The van der Waals surface area contributed by atoms with E-state index in [-0.39, 0.29) is 5.91 Å². The lowest BCUT2D eigenvalue weighted by Gasteiger charge is -2.35. The predicted octanol–water partition coefficient (Wildman–Crippen LogP) is 4.99. The SMILES string of the molecule is CCN1CCN(c2cc(C)c3cc(NC(=O)CCn4c(=S)oc5ccccc54)ccc3n2)CC1. The molecular formula is C26H29N5O2S. The summed E-state index contributed by atoms with van der Waals surface area (Å²) in [5.74, 6) is 0.962. The van der Waals surface area contributed by atoms with Crippen molar-refractivity contribution in [3.8, 4) is 0 Å².